The van der Waals surface area contributed by atoms with E-state index in [1.807, 2.05) is 12.1 Å². The normalized spacial score (nSPS) is 18.4. The van der Waals surface area contributed by atoms with Crippen LogP contribution in [0.4, 0.5) is 17.6 Å². The summed E-state index contributed by atoms with van der Waals surface area (Å²) in [6, 6.07) is 10.6. The molecule has 2 aromatic carbocycles. The third-order valence-electron chi connectivity index (χ3n) is 7.22. The quantitative estimate of drug-likeness (QED) is 0.395. The predicted molar refractivity (Wildman–Crippen MR) is 135 cm³/mol. The minimum Gasteiger partial charge on any atom is -0.496 e. The van der Waals surface area contributed by atoms with Gasteiger partial charge in [0.2, 0.25) is 5.91 Å². The van der Waals surface area contributed by atoms with Crippen molar-refractivity contribution in [3.05, 3.63) is 65.1 Å². The van der Waals surface area contributed by atoms with Crippen LogP contribution in [0.25, 0.3) is 10.9 Å². The molecule has 3 aromatic rings. The highest BCUT2D eigenvalue weighted by atomic mass is 19.4. The molecular formula is C28H32F4N2O4. The summed E-state index contributed by atoms with van der Waals surface area (Å²) >= 11 is 0. The van der Waals surface area contributed by atoms with Gasteiger partial charge < -0.3 is 24.5 Å². The Balaban J connectivity index is 1.62. The van der Waals surface area contributed by atoms with Gasteiger partial charge in [-0.1, -0.05) is 19.9 Å². The van der Waals surface area contributed by atoms with Gasteiger partial charge in [0.1, 0.15) is 17.7 Å². The van der Waals surface area contributed by atoms with E-state index in [1.165, 1.54) is 40.0 Å². The number of hydrogen-bond donors (Lipinski definition) is 2. The zero-order valence-corrected chi connectivity index (χ0v) is 21.8. The van der Waals surface area contributed by atoms with E-state index in [-0.39, 0.29) is 29.0 Å². The van der Waals surface area contributed by atoms with Crippen molar-refractivity contribution >= 4 is 16.8 Å². The molecule has 0 bridgehead atoms. The third kappa shape index (κ3) is 5.66. The summed E-state index contributed by atoms with van der Waals surface area (Å²) in [7, 11) is 1.36. The number of nitrogens with zero attached hydrogens (tertiary/aromatic N) is 1. The van der Waals surface area contributed by atoms with Gasteiger partial charge in [0.15, 0.2) is 5.60 Å². The molecule has 1 aromatic heterocycles. The maximum absolute atomic E-state index is 14.3. The molecule has 0 spiro atoms. The van der Waals surface area contributed by atoms with E-state index in [4.69, 9.17) is 9.47 Å². The fourth-order valence-electron chi connectivity index (χ4n) is 5.26. The number of aliphatic hydroxyl groups is 1. The van der Waals surface area contributed by atoms with Gasteiger partial charge in [-0.15, -0.1) is 0 Å². The van der Waals surface area contributed by atoms with Crippen LogP contribution in [0.5, 0.6) is 5.75 Å². The monoisotopic (exact) mass is 536 g/mol. The fourth-order valence-corrected chi connectivity index (χ4v) is 5.26. The summed E-state index contributed by atoms with van der Waals surface area (Å²) in [6.45, 7) is 5.84. The number of benzene rings is 2. The summed E-state index contributed by atoms with van der Waals surface area (Å²) < 4.78 is 68.1. The number of methoxy groups -OCH3 is 1. The molecule has 0 saturated carbocycles. The van der Waals surface area contributed by atoms with Gasteiger partial charge in [0.25, 0.3) is 0 Å². The second kappa shape index (κ2) is 10.2. The van der Waals surface area contributed by atoms with Gasteiger partial charge in [-0.2, -0.15) is 13.2 Å². The van der Waals surface area contributed by atoms with Crippen LogP contribution >= 0.6 is 0 Å². The van der Waals surface area contributed by atoms with Crippen molar-refractivity contribution in [3.63, 3.8) is 0 Å². The number of alkyl halides is 3. The topological polar surface area (TPSA) is 74.8 Å². The van der Waals surface area contributed by atoms with Crippen LogP contribution in [0.2, 0.25) is 0 Å². The van der Waals surface area contributed by atoms with E-state index in [1.54, 1.807) is 17.0 Å². The van der Waals surface area contributed by atoms with Crippen LogP contribution in [0.15, 0.2) is 42.5 Å². The Hall–Kier alpha value is -3.11. The Morgan fingerprint density at radius 3 is 2.58 bits per heavy atom. The molecule has 0 aliphatic carbocycles. The van der Waals surface area contributed by atoms with Crippen LogP contribution in [0, 0.1) is 5.82 Å². The van der Waals surface area contributed by atoms with Gasteiger partial charge in [-0.25, -0.2) is 4.39 Å². The molecule has 2 atom stereocenters. The van der Waals surface area contributed by atoms with Crippen LogP contribution in [-0.2, 0) is 21.4 Å². The maximum Gasteiger partial charge on any atom is 0.417 e. The molecule has 2 heterocycles. The van der Waals surface area contributed by atoms with Crippen LogP contribution in [0.3, 0.4) is 0 Å². The van der Waals surface area contributed by atoms with Crippen molar-refractivity contribution in [1.29, 1.82) is 0 Å². The van der Waals surface area contributed by atoms with Crippen molar-refractivity contribution in [2.24, 2.45) is 0 Å². The van der Waals surface area contributed by atoms with Crippen molar-refractivity contribution in [3.8, 4) is 5.75 Å². The molecule has 1 aliphatic heterocycles. The number of morpholine rings is 1. The van der Waals surface area contributed by atoms with Crippen LogP contribution in [0.1, 0.15) is 50.1 Å². The first kappa shape index (κ1) is 27.9. The molecule has 2 unspecified atom stereocenters. The number of rotatable bonds is 7. The first-order valence-corrected chi connectivity index (χ1v) is 12.3. The number of hydrogen-bond acceptors (Lipinski definition) is 4. The summed E-state index contributed by atoms with van der Waals surface area (Å²) in [4.78, 5) is 16.5. The van der Waals surface area contributed by atoms with Crippen molar-refractivity contribution in [2.45, 2.75) is 56.9 Å². The maximum atomic E-state index is 14.3. The number of carbonyl (C=O) groups is 1. The Morgan fingerprint density at radius 1 is 1.18 bits per heavy atom. The lowest BCUT2D eigenvalue weighted by Crippen LogP contribution is -2.51. The number of H-pyrrole nitrogens is 1. The first-order chi connectivity index (χ1) is 17.7. The Bertz CT molecular complexity index is 1320. The summed E-state index contributed by atoms with van der Waals surface area (Å²) in [5.74, 6) is -0.412. The lowest BCUT2D eigenvalue weighted by Gasteiger charge is -2.38. The molecular weight excluding hydrogens is 504 g/mol. The number of nitrogens with one attached hydrogen (secondary N) is 1. The number of fused-ring (bicyclic) bond motifs is 1. The Morgan fingerprint density at radius 2 is 1.92 bits per heavy atom. The number of carbonyl (C=O) groups excluding carboxylic acids is 1. The molecule has 1 fully saturated rings. The van der Waals surface area contributed by atoms with Gasteiger partial charge >= 0.3 is 6.18 Å². The molecule has 0 radical (unpaired) electrons. The predicted octanol–water partition coefficient (Wildman–Crippen LogP) is 5.44. The van der Waals surface area contributed by atoms with Crippen molar-refractivity contribution in [1.82, 2.24) is 9.88 Å². The largest absolute Gasteiger partial charge is 0.496 e. The molecule has 1 aliphatic rings. The zero-order valence-electron chi connectivity index (χ0n) is 21.8. The minimum atomic E-state index is -4.96. The van der Waals surface area contributed by atoms with Crippen molar-refractivity contribution < 1.29 is 36.9 Å². The van der Waals surface area contributed by atoms with Crippen LogP contribution < -0.4 is 4.74 Å². The number of aromatic nitrogens is 1. The lowest BCUT2D eigenvalue weighted by atomic mass is 9.73. The van der Waals surface area contributed by atoms with E-state index >= 15 is 0 Å². The molecule has 206 valence electrons. The summed E-state index contributed by atoms with van der Waals surface area (Å²) in [5, 5.41) is 11.7. The second-order valence-corrected chi connectivity index (χ2v) is 10.6. The van der Waals surface area contributed by atoms with Gasteiger partial charge in [-0.05, 0) is 53.8 Å². The number of ether oxygens (including phenoxy) is 2. The SMILES string of the molecule is COc1ccc(F)cc1C(C)(C)CC(O)(Cc1cc2cc(C3CN(C(C)=O)CCO3)ccc2[nH]1)C(F)(F)F. The fraction of sp³-hybridized carbons (Fsp3) is 0.464. The van der Waals surface area contributed by atoms with E-state index in [9.17, 15) is 27.5 Å². The number of halogens is 4. The highest BCUT2D eigenvalue weighted by Crippen LogP contribution is 2.45. The molecule has 38 heavy (non-hydrogen) atoms. The average Bonchev–Trinajstić information content (AvgIpc) is 3.24. The zero-order chi connectivity index (χ0) is 27.9. The lowest BCUT2D eigenvalue weighted by molar-refractivity contribution is -0.266. The van der Waals surface area contributed by atoms with Gasteiger partial charge in [0, 0.05) is 42.0 Å². The molecule has 10 heteroatoms. The highest BCUT2D eigenvalue weighted by molar-refractivity contribution is 5.81. The Kier molecular flexibility index (Phi) is 7.51. The number of amides is 1. The standard InChI is InChI=1S/C28H32F4N2O4/c1-17(35)34-9-10-38-25(15-34)18-5-7-23-19(11-18)12-21(33-23)14-27(36,28(30,31)32)16-26(2,3)22-13-20(29)6-8-24(22)37-4/h5-8,11-13,25,33,36H,9-10,14-16H2,1-4H3. The Labute approximate surface area is 218 Å². The minimum absolute atomic E-state index is 0.0477. The highest BCUT2D eigenvalue weighted by Gasteiger charge is 2.56. The van der Waals surface area contributed by atoms with Crippen LogP contribution in [-0.4, -0.2) is 59.5 Å². The van der Waals surface area contributed by atoms with E-state index < -0.39 is 35.9 Å². The molecule has 2 N–H and O–H groups in total. The number of aromatic amines is 1. The summed E-state index contributed by atoms with van der Waals surface area (Å²) in [5.41, 5.74) is -2.54. The summed E-state index contributed by atoms with van der Waals surface area (Å²) in [6.07, 6.45) is -6.75. The van der Waals surface area contributed by atoms with Gasteiger partial charge in [-0.3, -0.25) is 4.79 Å². The second-order valence-electron chi connectivity index (χ2n) is 10.6. The van der Waals surface area contributed by atoms with E-state index in [2.05, 4.69) is 4.98 Å². The first-order valence-electron chi connectivity index (χ1n) is 12.3. The average molecular weight is 537 g/mol. The smallest absolute Gasteiger partial charge is 0.417 e. The molecule has 1 amide bonds. The van der Waals surface area contributed by atoms with E-state index in [0.29, 0.717) is 30.6 Å². The van der Waals surface area contributed by atoms with Gasteiger partial charge in [0.05, 0.1) is 20.3 Å². The molecule has 1 saturated heterocycles. The van der Waals surface area contributed by atoms with E-state index in [0.717, 1.165) is 11.6 Å². The molecule has 4 rings (SSSR count). The van der Waals surface area contributed by atoms with Crippen molar-refractivity contribution in [2.75, 3.05) is 26.8 Å². The third-order valence-corrected chi connectivity index (χ3v) is 7.22. The molecule has 6 nitrogen and oxygen atoms in total.